The van der Waals surface area contributed by atoms with Gasteiger partial charge in [-0.1, -0.05) is 26.0 Å². The zero-order valence-corrected chi connectivity index (χ0v) is 18.3. The van der Waals surface area contributed by atoms with Crippen molar-refractivity contribution in [3.05, 3.63) is 17.5 Å². The number of hydrogen-bond acceptors (Lipinski definition) is 4. The van der Waals surface area contributed by atoms with Gasteiger partial charge in [-0.3, -0.25) is 0 Å². The van der Waals surface area contributed by atoms with Crippen molar-refractivity contribution in [3.63, 3.8) is 0 Å². The molecule has 1 aliphatic heterocycles. The van der Waals surface area contributed by atoms with Crippen molar-refractivity contribution in [1.82, 2.24) is 0 Å². The third-order valence-electron chi connectivity index (χ3n) is 7.85. The minimum atomic E-state index is -0.852. The van der Waals surface area contributed by atoms with E-state index in [1.165, 1.54) is 5.57 Å². The van der Waals surface area contributed by atoms with E-state index in [2.05, 4.69) is 42.8 Å². The first-order valence-corrected chi connectivity index (χ1v) is 10.7. The molecule has 2 saturated carbocycles. The molecule has 0 aromatic rings. The van der Waals surface area contributed by atoms with Crippen LogP contribution in [0.2, 0.25) is 0 Å². The van der Waals surface area contributed by atoms with Gasteiger partial charge in [-0.25, -0.2) is 4.99 Å². The van der Waals surface area contributed by atoms with Gasteiger partial charge in [0.15, 0.2) is 0 Å². The monoisotopic (exact) mass is 391 g/mol. The molecule has 1 heterocycles. The summed E-state index contributed by atoms with van der Waals surface area (Å²) in [4.78, 5) is 4.49. The first-order chi connectivity index (χ1) is 12.6. The Kier molecular flexibility index (Phi) is 5.75. The van der Waals surface area contributed by atoms with E-state index in [9.17, 15) is 5.11 Å². The Balaban J connectivity index is 1.94. The molecule has 1 N–H and O–H groups in total. The number of hydrogen-bond donors (Lipinski definition) is 1. The molecule has 27 heavy (non-hydrogen) atoms. The molecule has 0 aromatic carbocycles. The Hall–Kier alpha value is -0.580. The van der Waals surface area contributed by atoms with E-state index >= 15 is 0 Å². The van der Waals surface area contributed by atoms with Crippen LogP contribution in [0, 0.1) is 17.8 Å². The molecule has 0 spiro atoms. The number of isothiocyanates is 1. The van der Waals surface area contributed by atoms with E-state index < -0.39 is 5.60 Å². The van der Waals surface area contributed by atoms with Gasteiger partial charge in [-0.15, -0.1) is 5.54 Å². The van der Waals surface area contributed by atoms with Gasteiger partial charge >= 0.3 is 0 Å². The summed E-state index contributed by atoms with van der Waals surface area (Å²) >= 11 is 4.95. The van der Waals surface area contributed by atoms with Crippen LogP contribution in [0.15, 0.2) is 17.1 Å². The van der Waals surface area contributed by atoms with E-state index in [0.717, 1.165) is 38.5 Å². The van der Waals surface area contributed by atoms with Crippen molar-refractivity contribution in [1.29, 1.82) is 0 Å². The molecule has 2 aliphatic carbocycles. The van der Waals surface area contributed by atoms with Crippen molar-refractivity contribution in [3.8, 4) is 0 Å². The number of rotatable bonds is 4. The lowest BCUT2D eigenvalue weighted by Gasteiger charge is -2.54. The molecule has 0 unspecified atom stereocenters. The third kappa shape index (κ3) is 3.70. The van der Waals surface area contributed by atoms with E-state index in [0.29, 0.717) is 11.8 Å². The van der Waals surface area contributed by atoms with Crippen LogP contribution in [0.4, 0.5) is 0 Å². The van der Waals surface area contributed by atoms with Crippen LogP contribution in [0.1, 0.15) is 66.2 Å². The molecule has 0 aromatic heterocycles. The first kappa shape index (κ1) is 21.1. The molecule has 0 radical (unpaired) electrons. The van der Waals surface area contributed by atoms with Crippen molar-refractivity contribution in [2.75, 3.05) is 7.05 Å². The predicted octanol–water partition coefficient (Wildman–Crippen LogP) is 4.92. The molecule has 152 valence electrons. The fourth-order valence-electron chi connectivity index (χ4n) is 5.89. The molecule has 3 rings (SSSR count). The van der Waals surface area contributed by atoms with Crippen molar-refractivity contribution in [2.24, 2.45) is 22.7 Å². The predicted molar refractivity (Wildman–Crippen MR) is 113 cm³/mol. The number of nitrogens with zero attached hydrogens (tertiary/aromatic N) is 2. The van der Waals surface area contributed by atoms with Gasteiger partial charge in [0, 0.05) is 6.10 Å². The number of thiocarbonyl (C=S) groups is 1. The summed E-state index contributed by atoms with van der Waals surface area (Å²) in [6, 6.07) is -0.237. The molecule has 5 heteroatoms. The highest BCUT2D eigenvalue weighted by Crippen LogP contribution is 2.56. The second kappa shape index (κ2) is 7.35. The lowest BCUT2D eigenvalue weighted by Crippen LogP contribution is -2.58. The van der Waals surface area contributed by atoms with Gasteiger partial charge in [0.05, 0.1) is 22.4 Å². The molecule has 0 amide bonds. The summed E-state index contributed by atoms with van der Waals surface area (Å²) in [5, 5.41) is 18.2. The van der Waals surface area contributed by atoms with Gasteiger partial charge in [0.1, 0.15) is 0 Å². The molecule has 1 saturated heterocycles. The van der Waals surface area contributed by atoms with E-state index in [1.54, 1.807) is 0 Å². The molecular weight excluding hydrogens is 356 g/mol. The normalized spacial score (nSPS) is 45.3. The van der Waals surface area contributed by atoms with Gasteiger partial charge < -0.3 is 15.2 Å². The van der Waals surface area contributed by atoms with Crippen LogP contribution in [0.25, 0.3) is 5.32 Å². The maximum Gasteiger partial charge on any atom is 0.0924 e. The molecule has 7 atom stereocenters. The zero-order valence-electron chi connectivity index (χ0n) is 17.5. The SMILES string of the molecule is C=C1CC[C@H]([C@@]2(C)CC[C@@H](C(C)(C)[N-]C)O2)[C@@H]2[C@@H]1CC[C@@](C)(O)[C@H]2N=C=S. The number of fused-ring (bicyclic) bond motifs is 1. The summed E-state index contributed by atoms with van der Waals surface area (Å²) in [5.41, 5.74) is 0.0476. The molecule has 4 nitrogen and oxygen atoms in total. The highest BCUT2D eigenvalue weighted by Gasteiger charge is 2.57. The lowest BCUT2D eigenvalue weighted by atomic mass is 9.55. The highest BCUT2D eigenvalue weighted by atomic mass is 32.1. The van der Waals surface area contributed by atoms with E-state index in [4.69, 9.17) is 17.0 Å². The largest absolute Gasteiger partial charge is 0.658 e. The summed E-state index contributed by atoms with van der Waals surface area (Å²) in [7, 11) is 1.88. The summed E-state index contributed by atoms with van der Waals surface area (Å²) in [6.45, 7) is 12.8. The van der Waals surface area contributed by atoms with E-state index in [1.807, 2.05) is 14.0 Å². The minimum Gasteiger partial charge on any atom is -0.658 e. The molecule has 3 aliphatic rings. The van der Waals surface area contributed by atoms with Gasteiger partial charge in [0.25, 0.3) is 0 Å². The quantitative estimate of drug-likeness (QED) is 0.420. The summed E-state index contributed by atoms with van der Waals surface area (Å²) in [5.74, 6) is 0.912. The Morgan fingerprint density at radius 1 is 1.30 bits per heavy atom. The highest BCUT2D eigenvalue weighted by molar-refractivity contribution is 7.78. The van der Waals surface area contributed by atoms with Crippen molar-refractivity contribution >= 4 is 17.4 Å². The van der Waals surface area contributed by atoms with Crippen LogP contribution >= 0.6 is 12.2 Å². The van der Waals surface area contributed by atoms with Crippen molar-refractivity contribution in [2.45, 2.75) is 95.1 Å². The Labute approximate surface area is 169 Å². The minimum absolute atomic E-state index is 0.132. The lowest BCUT2D eigenvalue weighted by molar-refractivity contribution is -0.135. The van der Waals surface area contributed by atoms with Crippen LogP contribution in [0.5, 0.6) is 0 Å². The Morgan fingerprint density at radius 2 is 2.00 bits per heavy atom. The smallest absolute Gasteiger partial charge is 0.0924 e. The molecular formula is C22H35N2O2S-. The number of ether oxygens (including phenoxy) is 1. The summed E-state index contributed by atoms with van der Waals surface area (Å²) in [6.07, 6.45) is 5.94. The molecule has 0 bridgehead atoms. The zero-order chi connectivity index (χ0) is 20.0. The van der Waals surface area contributed by atoms with Crippen LogP contribution in [0.3, 0.4) is 0 Å². The number of likely N-dealkylation sites (N-methyl/N-ethyl adjacent to an activating group) is 1. The second-order valence-electron chi connectivity index (χ2n) is 9.88. The maximum atomic E-state index is 11.1. The Morgan fingerprint density at radius 3 is 2.63 bits per heavy atom. The number of allylic oxidation sites excluding steroid dienone is 1. The fourth-order valence-corrected chi connectivity index (χ4v) is 6.00. The molecule has 3 fully saturated rings. The van der Waals surface area contributed by atoms with Crippen LogP contribution < -0.4 is 0 Å². The average molecular weight is 392 g/mol. The van der Waals surface area contributed by atoms with Crippen molar-refractivity contribution < 1.29 is 9.84 Å². The van der Waals surface area contributed by atoms with Gasteiger partial charge in [-0.05, 0) is 82.3 Å². The van der Waals surface area contributed by atoms with Crippen LogP contribution in [-0.4, -0.2) is 46.2 Å². The standard InChI is InChI=1S/C22H35N2O2S/c1-14-7-8-16(22(5)12-10-17(26-22)20(2,3)23-6)18-15(14)9-11-21(4,25)19(18)24-13-27/h15-19,25H,1,7-12H2,2-6H3/q-1/t15-,16+,17+,18+,19+,21-,22-/m1/s1. The number of aliphatic imine (C=N–C) groups is 1. The van der Waals surface area contributed by atoms with Gasteiger partial charge in [0.2, 0.25) is 0 Å². The Bertz CT molecular complexity index is 640. The summed E-state index contributed by atoms with van der Waals surface area (Å²) < 4.78 is 6.73. The first-order valence-electron chi connectivity index (χ1n) is 10.3. The third-order valence-corrected chi connectivity index (χ3v) is 7.95. The fraction of sp³-hybridized carbons (Fsp3) is 0.864. The van der Waals surface area contributed by atoms with Gasteiger partial charge in [-0.2, -0.15) is 7.05 Å². The van der Waals surface area contributed by atoms with Crippen LogP contribution in [-0.2, 0) is 4.74 Å². The average Bonchev–Trinajstić information content (AvgIpc) is 3.01. The topological polar surface area (TPSA) is 55.9 Å². The second-order valence-corrected chi connectivity index (χ2v) is 10.1. The van der Waals surface area contributed by atoms with E-state index in [-0.39, 0.29) is 29.2 Å². The number of aliphatic hydroxyl groups is 1. The maximum absolute atomic E-state index is 11.1.